The number of nitrogens with zero attached hydrogens (tertiary/aromatic N) is 1. The summed E-state index contributed by atoms with van der Waals surface area (Å²) < 4.78 is 76.8. The molecular weight excluding hydrogens is 535 g/mol. The summed E-state index contributed by atoms with van der Waals surface area (Å²) >= 11 is 3.23. The maximum atomic E-state index is 14.2. The molecule has 1 aliphatic rings. The number of hydrogen-bond donors (Lipinski definition) is 2. The van der Waals surface area contributed by atoms with Crippen molar-refractivity contribution in [1.29, 1.82) is 0 Å². The van der Waals surface area contributed by atoms with E-state index in [1.165, 1.54) is 23.1 Å². The van der Waals surface area contributed by atoms with Crippen LogP contribution in [0, 0.1) is 11.6 Å². The minimum Gasteiger partial charge on any atom is -0.466 e. The Morgan fingerprint density at radius 3 is 2.41 bits per heavy atom. The topological polar surface area (TPSA) is 88.1 Å². The van der Waals surface area contributed by atoms with Gasteiger partial charge in [0.25, 0.3) is 5.91 Å². The molecule has 1 aliphatic heterocycles. The van der Waals surface area contributed by atoms with Crippen molar-refractivity contribution < 1.29 is 46.1 Å². The highest BCUT2D eigenvalue weighted by Gasteiger charge is 2.35. The van der Waals surface area contributed by atoms with Gasteiger partial charge in [-0.05, 0) is 40.2 Å². The molecule has 2 aromatic rings. The number of carbonyl (C=O) groups excluding carboxylic acids is 2. The number of amides is 1. The normalized spacial score (nSPS) is 14.0. The maximum absolute atomic E-state index is 14.2. The molecule has 182 valence electrons. The molecule has 0 saturated carbocycles. The van der Waals surface area contributed by atoms with Crippen molar-refractivity contribution in [2.24, 2.45) is 0 Å². The summed E-state index contributed by atoms with van der Waals surface area (Å²) in [5.41, 5.74) is -1.53. The zero-order valence-corrected chi connectivity index (χ0v) is 18.9. The van der Waals surface area contributed by atoms with Crippen LogP contribution in [0.4, 0.5) is 27.6 Å². The first-order valence-electron chi connectivity index (χ1n) is 9.48. The fourth-order valence-electron chi connectivity index (χ4n) is 3.09. The SMILES string of the molecule is COC(=O)C1=C(Nc2cc(Oc3c(F)cc(C(F)(F)F)cc3F)ccc2Br)C(=O)N(CCO)C1. The second-order valence-electron chi connectivity index (χ2n) is 6.93. The predicted octanol–water partition coefficient (Wildman–Crippen LogP) is 4.21. The Kier molecular flexibility index (Phi) is 7.46. The number of nitrogens with one attached hydrogen (secondary N) is 1. The average Bonchev–Trinajstić information content (AvgIpc) is 3.07. The van der Waals surface area contributed by atoms with Crippen LogP contribution >= 0.6 is 15.9 Å². The number of rotatable bonds is 7. The molecule has 1 heterocycles. The monoisotopic (exact) mass is 550 g/mol. The first-order chi connectivity index (χ1) is 16.0. The van der Waals surface area contributed by atoms with Gasteiger partial charge in [0, 0.05) is 17.1 Å². The Hall–Kier alpha value is -3.19. The smallest absolute Gasteiger partial charge is 0.416 e. The molecule has 2 N–H and O–H groups in total. The average molecular weight is 551 g/mol. The van der Waals surface area contributed by atoms with E-state index in [1.54, 1.807) is 0 Å². The third kappa shape index (κ3) is 5.30. The van der Waals surface area contributed by atoms with E-state index in [0.29, 0.717) is 4.47 Å². The Balaban J connectivity index is 1.93. The van der Waals surface area contributed by atoms with Crippen molar-refractivity contribution in [3.05, 3.63) is 63.3 Å². The molecule has 0 aromatic heterocycles. The molecule has 3 rings (SSSR count). The van der Waals surface area contributed by atoms with Gasteiger partial charge in [0.05, 0.1) is 37.1 Å². The van der Waals surface area contributed by atoms with E-state index in [2.05, 4.69) is 21.2 Å². The third-order valence-electron chi connectivity index (χ3n) is 4.70. The highest BCUT2D eigenvalue weighted by atomic mass is 79.9. The van der Waals surface area contributed by atoms with Gasteiger partial charge in [-0.1, -0.05) is 0 Å². The summed E-state index contributed by atoms with van der Waals surface area (Å²) in [7, 11) is 1.13. The van der Waals surface area contributed by atoms with Crippen molar-refractivity contribution >= 4 is 33.5 Å². The lowest BCUT2D eigenvalue weighted by Crippen LogP contribution is -2.31. The summed E-state index contributed by atoms with van der Waals surface area (Å²) in [6.07, 6.45) is -4.95. The van der Waals surface area contributed by atoms with Gasteiger partial charge in [-0.25, -0.2) is 13.6 Å². The van der Waals surface area contributed by atoms with Crippen LogP contribution in [0.15, 0.2) is 46.1 Å². The maximum Gasteiger partial charge on any atom is 0.416 e. The number of anilines is 1. The van der Waals surface area contributed by atoms with Gasteiger partial charge in [0.2, 0.25) is 0 Å². The molecule has 0 radical (unpaired) electrons. The van der Waals surface area contributed by atoms with E-state index in [0.717, 1.165) is 7.11 Å². The lowest BCUT2D eigenvalue weighted by atomic mass is 10.2. The molecule has 7 nitrogen and oxygen atoms in total. The van der Waals surface area contributed by atoms with Gasteiger partial charge in [-0.2, -0.15) is 13.2 Å². The number of carbonyl (C=O) groups is 2. The van der Waals surface area contributed by atoms with E-state index >= 15 is 0 Å². The predicted molar refractivity (Wildman–Crippen MR) is 112 cm³/mol. The molecule has 0 bridgehead atoms. The van der Waals surface area contributed by atoms with E-state index < -0.39 is 41.0 Å². The number of halogens is 6. The van der Waals surface area contributed by atoms with Crippen LogP contribution < -0.4 is 10.1 Å². The highest BCUT2D eigenvalue weighted by Crippen LogP contribution is 2.37. The Morgan fingerprint density at radius 2 is 1.85 bits per heavy atom. The van der Waals surface area contributed by atoms with Gasteiger partial charge in [-0.15, -0.1) is 0 Å². The Bertz CT molecular complexity index is 1150. The van der Waals surface area contributed by atoms with Gasteiger partial charge >= 0.3 is 12.1 Å². The van der Waals surface area contributed by atoms with Gasteiger partial charge in [0.15, 0.2) is 17.4 Å². The number of methoxy groups -OCH3 is 1. The molecule has 13 heteroatoms. The number of ether oxygens (including phenoxy) is 2. The fourth-order valence-corrected chi connectivity index (χ4v) is 3.43. The second-order valence-corrected chi connectivity index (χ2v) is 7.79. The first-order valence-corrected chi connectivity index (χ1v) is 10.3. The standard InChI is InChI=1S/C21H16BrF5N2O5/c1-33-20(32)12-9-29(4-5-30)19(31)17(12)28-16-8-11(2-3-13(16)22)34-18-14(23)6-10(7-15(18)24)21(25,26)27/h2-3,6-8,28,30H,4-5,9H2,1H3. The van der Waals surface area contributed by atoms with Crippen LogP contribution in [0.5, 0.6) is 11.5 Å². The number of benzene rings is 2. The molecule has 2 aromatic carbocycles. The van der Waals surface area contributed by atoms with Gasteiger partial charge < -0.3 is 24.8 Å². The number of hydrogen-bond acceptors (Lipinski definition) is 6. The molecule has 0 unspecified atom stereocenters. The van der Waals surface area contributed by atoms with Crippen molar-refractivity contribution in [3.8, 4) is 11.5 Å². The lowest BCUT2D eigenvalue weighted by molar-refractivity contribution is -0.138. The van der Waals surface area contributed by atoms with Crippen molar-refractivity contribution in [2.75, 3.05) is 32.1 Å². The summed E-state index contributed by atoms with van der Waals surface area (Å²) in [4.78, 5) is 26.0. The first kappa shape index (κ1) is 25.4. The van der Waals surface area contributed by atoms with Gasteiger partial charge in [0.1, 0.15) is 11.4 Å². The third-order valence-corrected chi connectivity index (χ3v) is 5.39. The fraction of sp³-hybridized carbons (Fsp3) is 0.238. The van der Waals surface area contributed by atoms with E-state index in [1.807, 2.05) is 0 Å². The van der Waals surface area contributed by atoms with Gasteiger partial charge in [-0.3, -0.25) is 4.79 Å². The minimum atomic E-state index is -4.95. The zero-order valence-electron chi connectivity index (χ0n) is 17.3. The Labute approximate surface area is 197 Å². The zero-order chi connectivity index (χ0) is 25.2. The van der Waals surface area contributed by atoms with E-state index in [4.69, 9.17) is 14.6 Å². The highest BCUT2D eigenvalue weighted by molar-refractivity contribution is 9.10. The van der Waals surface area contributed by atoms with Crippen LogP contribution in [-0.2, 0) is 20.5 Å². The molecule has 0 aliphatic carbocycles. The van der Waals surface area contributed by atoms with Crippen molar-refractivity contribution in [2.45, 2.75) is 6.18 Å². The van der Waals surface area contributed by atoms with Crippen LogP contribution in [0.2, 0.25) is 0 Å². The van der Waals surface area contributed by atoms with Crippen LogP contribution in [-0.4, -0.2) is 48.7 Å². The number of aliphatic hydroxyl groups is 1. The summed E-state index contributed by atoms with van der Waals surface area (Å²) in [6, 6.07) is 4.09. The quantitative estimate of drug-likeness (QED) is 0.396. The number of aliphatic hydroxyl groups excluding tert-OH is 1. The van der Waals surface area contributed by atoms with Crippen molar-refractivity contribution in [1.82, 2.24) is 4.90 Å². The molecule has 0 spiro atoms. The molecule has 0 saturated heterocycles. The second kappa shape index (κ2) is 9.97. The number of β-amino-alcohol motifs (C(OH)–C–C–N with tert-alkyl or cyclic N) is 1. The number of esters is 1. The summed E-state index contributed by atoms with van der Waals surface area (Å²) in [6.45, 7) is -0.504. The van der Waals surface area contributed by atoms with Crippen LogP contribution in [0.25, 0.3) is 0 Å². The molecule has 0 atom stereocenters. The van der Waals surface area contributed by atoms with E-state index in [9.17, 15) is 31.5 Å². The van der Waals surface area contributed by atoms with Crippen molar-refractivity contribution in [3.63, 3.8) is 0 Å². The lowest BCUT2D eigenvalue weighted by Gasteiger charge is -2.16. The molecule has 0 fully saturated rings. The van der Waals surface area contributed by atoms with E-state index in [-0.39, 0.29) is 54.5 Å². The molecule has 34 heavy (non-hydrogen) atoms. The minimum absolute atomic E-state index is 0.0148. The summed E-state index contributed by atoms with van der Waals surface area (Å²) in [5, 5.41) is 11.9. The molecule has 1 amide bonds. The van der Waals surface area contributed by atoms with Crippen LogP contribution in [0.3, 0.4) is 0 Å². The Morgan fingerprint density at radius 1 is 1.21 bits per heavy atom. The van der Waals surface area contributed by atoms with Crippen LogP contribution in [0.1, 0.15) is 5.56 Å². The summed E-state index contributed by atoms with van der Waals surface area (Å²) in [5.74, 6) is -5.75. The molecular formula is C21H16BrF5N2O5. The number of alkyl halides is 3. The largest absolute Gasteiger partial charge is 0.466 e.